The Morgan fingerprint density at radius 3 is 2.62 bits per heavy atom. The summed E-state index contributed by atoms with van der Waals surface area (Å²) in [5.41, 5.74) is 5.47. The standard InChI is InChI=1S/C25H32ClN3/c1-29(2)14-11-19-9-10-23-21(15-19)17-25(12-4-3-5-13-25)24(28-23)27-18-20-7-6-8-22(26)16-20/h6-10,15-16H,3-5,11-14,17-18H2,1-2H3,(H,27,28). The van der Waals surface area contributed by atoms with E-state index in [1.807, 2.05) is 18.2 Å². The molecule has 1 heterocycles. The van der Waals surface area contributed by atoms with Crippen molar-refractivity contribution < 1.29 is 0 Å². The van der Waals surface area contributed by atoms with Gasteiger partial charge in [0.15, 0.2) is 0 Å². The zero-order valence-electron chi connectivity index (χ0n) is 17.7. The topological polar surface area (TPSA) is 27.6 Å². The molecule has 29 heavy (non-hydrogen) atoms. The first-order valence-electron chi connectivity index (χ1n) is 10.9. The van der Waals surface area contributed by atoms with Gasteiger partial charge in [0.05, 0.1) is 6.54 Å². The summed E-state index contributed by atoms with van der Waals surface area (Å²) < 4.78 is 0. The summed E-state index contributed by atoms with van der Waals surface area (Å²) in [5.74, 6) is 1.19. The number of nitrogens with one attached hydrogen (secondary N) is 1. The molecule has 2 aliphatic rings. The molecule has 2 aromatic carbocycles. The largest absolute Gasteiger partial charge is 0.343 e. The molecule has 1 saturated carbocycles. The second-order valence-corrected chi connectivity index (χ2v) is 9.42. The van der Waals surface area contributed by atoms with Gasteiger partial charge in [-0.25, -0.2) is 0 Å². The number of fused-ring (bicyclic) bond motifs is 1. The quantitative estimate of drug-likeness (QED) is 0.659. The fraction of sp³-hybridized carbons (Fsp3) is 0.480. The van der Waals surface area contributed by atoms with Crippen molar-refractivity contribution in [3.63, 3.8) is 0 Å². The predicted octanol–water partition coefficient (Wildman–Crippen LogP) is 5.96. The van der Waals surface area contributed by atoms with Crippen molar-refractivity contribution in [2.75, 3.05) is 26.0 Å². The molecular formula is C25H32ClN3. The fourth-order valence-electron chi connectivity index (χ4n) is 4.79. The van der Waals surface area contributed by atoms with Crippen molar-refractivity contribution in [1.82, 2.24) is 4.90 Å². The van der Waals surface area contributed by atoms with Gasteiger partial charge < -0.3 is 10.2 Å². The SMILES string of the molecule is CN(C)CCc1ccc2c(c1)CC1(CCCCC1)C(=NCc1cccc(Cl)c1)N2. The molecule has 0 bridgehead atoms. The summed E-state index contributed by atoms with van der Waals surface area (Å²) in [6.45, 7) is 1.77. The monoisotopic (exact) mass is 409 g/mol. The van der Waals surface area contributed by atoms with Crippen LogP contribution in [0.3, 0.4) is 0 Å². The van der Waals surface area contributed by atoms with Gasteiger partial charge in [0.1, 0.15) is 5.84 Å². The maximum Gasteiger partial charge on any atom is 0.108 e. The number of anilines is 1. The fourth-order valence-corrected chi connectivity index (χ4v) is 5.00. The second kappa shape index (κ2) is 8.89. The lowest BCUT2D eigenvalue weighted by Gasteiger charge is -2.43. The van der Waals surface area contributed by atoms with Crippen LogP contribution in [0, 0.1) is 5.41 Å². The van der Waals surface area contributed by atoms with Crippen molar-refractivity contribution in [3.05, 3.63) is 64.2 Å². The smallest absolute Gasteiger partial charge is 0.108 e. The summed E-state index contributed by atoms with van der Waals surface area (Å²) >= 11 is 6.17. The number of likely N-dealkylation sites (N-methyl/N-ethyl adjacent to an activating group) is 1. The van der Waals surface area contributed by atoms with Crippen LogP contribution in [0.15, 0.2) is 47.5 Å². The van der Waals surface area contributed by atoms with Gasteiger partial charge in [0.2, 0.25) is 0 Å². The molecular weight excluding hydrogens is 378 g/mol. The number of benzene rings is 2. The number of hydrogen-bond donors (Lipinski definition) is 1. The Hall–Kier alpha value is -1.84. The lowest BCUT2D eigenvalue weighted by molar-refractivity contribution is 0.278. The van der Waals surface area contributed by atoms with Crippen molar-refractivity contribution >= 4 is 23.1 Å². The van der Waals surface area contributed by atoms with Gasteiger partial charge >= 0.3 is 0 Å². The molecule has 1 aliphatic carbocycles. The third-order valence-electron chi connectivity index (χ3n) is 6.42. The second-order valence-electron chi connectivity index (χ2n) is 8.98. The minimum atomic E-state index is 0.171. The summed E-state index contributed by atoms with van der Waals surface area (Å²) in [6.07, 6.45) is 8.62. The van der Waals surface area contributed by atoms with Crippen LogP contribution >= 0.6 is 11.6 Å². The van der Waals surface area contributed by atoms with Gasteiger partial charge in [0, 0.05) is 22.7 Å². The van der Waals surface area contributed by atoms with E-state index in [2.05, 4.69) is 48.6 Å². The normalized spacial score (nSPS) is 19.4. The van der Waals surface area contributed by atoms with E-state index < -0.39 is 0 Å². The summed E-state index contributed by atoms with van der Waals surface area (Å²) in [4.78, 5) is 7.34. The number of amidine groups is 1. The molecule has 154 valence electrons. The van der Waals surface area contributed by atoms with E-state index in [4.69, 9.17) is 16.6 Å². The van der Waals surface area contributed by atoms with Crippen LogP contribution in [0.2, 0.25) is 5.02 Å². The van der Waals surface area contributed by atoms with Crippen molar-refractivity contribution in [1.29, 1.82) is 0 Å². The molecule has 4 rings (SSSR count). The molecule has 1 aliphatic heterocycles. The lowest BCUT2D eigenvalue weighted by atomic mass is 9.67. The molecule has 0 unspecified atom stereocenters. The average Bonchev–Trinajstić information content (AvgIpc) is 2.71. The van der Waals surface area contributed by atoms with E-state index in [0.717, 1.165) is 24.4 Å². The first-order chi connectivity index (χ1) is 14.0. The van der Waals surface area contributed by atoms with Gasteiger partial charge in [-0.05, 0) is 74.7 Å². The number of hydrogen-bond acceptors (Lipinski definition) is 2. The lowest BCUT2D eigenvalue weighted by Crippen LogP contribution is -2.43. The molecule has 2 aromatic rings. The average molecular weight is 410 g/mol. The molecule has 0 amide bonds. The summed E-state index contributed by atoms with van der Waals surface area (Å²) in [5, 5.41) is 4.52. The molecule has 0 aromatic heterocycles. The highest BCUT2D eigenvalue weighted by Crippen LogP contribution is 2.45. The van der Waals surface area contributed by atoms with E-state index in [0.29, 0.717) is 6.54 Å². The summed E-state index contributed by atoms with van der Waals surface area (Å²) in [6, 6.07) is 15.0. The highest BCUT2D eigenvalue weighted by atomic mass is 35.5. The van der Waals surface area contributed by atoms with E-state index in [9.17, 15) is 0 Å². The van der Waals surface area contributed by atoms with Crippen LogP contribution in [-0.2, 0) is 19.4 Å². The number of nitrogens with zero attached hydrogens (tertiary/aromatic N) is 2. The van der Waals surface area contributed by atoms with E-state index in [-0.39, 0.29) is 5.41 Å². The van der Waals surface area contributed by atoms with Crippen molar-refractivity contribution in [2.45, 2.75) is 51.5 Å². The minimum absolute atomic E-state index is 0.171. The number of aliphatic imine (C=N–C) groups is 1. The molecule has 1 fully saturated rings. The van der Waals surface area contributed by atoms with Gasteiger partial charge in [-0.3, -0.25) is 4.99 Å². The molecule has 3 nitrogen and oxygen atoms in total. The van der Waals surface area contributed by atoms with Gasteiger partial charge in [-0.15, -0.1) is 0 Å². The third-order valence-corrected chi connectivity index (χ3v) is 6.66. The Bertz CT molecular complexity index is 881. The van der Waals surface area contributed by atoms with Crippen LogP contribution in [0.1, 0.15) is 48.8 Å². The Morgan fingerprint density at radius 1 is 1.03 bits per heavy atom. The van der Waals surface area contributed by atoms with E-state index in [1.54, 1.807) is 0 Å². The highest BCUT2D eigenvalue weighted by molar-refractivity contribution is 6.30. The van der Waals surface area contributed by atoms with Gasteiger partial charge in [-0.1, -0.05) is 55.1 Å². The van der Waals surface area contributed by atoms with Crippen LogP contribution < -0.4 is 5.32 Å². The molecule has 0 saturated heterocycles. The predicted molar refractivity (Wildman–Crippen MR) is 124 cm³/mol. The van der Waals surface area contributed by atoms with Crippen molar-refractivity contribution in [3.8, 4) is 0 Å². The van der Waals surface area contributed by atoms with E-state index >= 15 is 0 Å². The molecule has 0 radical (unpaired) electrons. The van der Waals surface area contributed by atoms with Crippen LogP contribution in [0.5, 0.6) is 0 Å². The maximum atomic E-state index is 6.17. The number of halogens is 1. The Balaban J connectivity index is 1.61. The first-order valence-corrected chi connectivity index (χ1v) is 11.2. The Labute approximate surface area is 180 Å². The third kappa shape index (κ3) is 4.84. The van der Waals surface area contributed by atoms with E-state index in [1.165, 1.54) is 60.3 Å². The van der Waals surface area contributed by atoms with Crippen LogP contribution in [0.4, 0.5) is 5.69 Å². The zero-order valence-corrected chi connectivity index (χ0v) is 18.4. The van der Waals surface area contributed by atoms with Crippen LogP contribution in [0.25, 0.3) is 0 Å². The first kappa shape index (κ1) is 20.4. The Kier molecular flexibility index (Phi) is 6.26. The summed E-state index contributed by atoms with van der Waals surface area (Å²) in [7, 11) is 4.28. The number of rotatable bonds is 5. The Morgan fingerprint density at radius 2 is 1.86 bits per heavy atom. The molecule has 1 spiro atoms. The maximum absolute atomic E-state index is 6.17. The molecule has 1 N–H and O–H groups in total. The highest BCUT2D eigenvalue weighted by Gasteiger charge is 2.41. The van der Waals surface area contributed by atoms with Crippen molar-refractivity contribution in [2.24, 2.45) is 10.4 Å². The zero-order chi connectivity index (χ0) is 20.3. The molecule has 0 atom stereocenters. The van der Waals surface area contributed by atoms with Gasteiger partial charge in [0.25, 0.3) is 0 Å². The minimum Gasteiger partial charge on any atom is -0.343 e. The van der Waals surface area contributed by atoms with Crippen LogP contribution in [-0.4, -0.2) is 31.4 Å². The molecule has 4 heteroatoms. The van der Waals surface area contributed by atoms with Gasteiger partial charge in [-0.2, -0.15) is 0 Å².